The molecular weight excluding hydrogens is 1620 g/mol. The standard InChI is InChI=1S/C61H92Br6N4O22/c1-52(2,62)46(77)87-30-58(13,31-88-47(78)53(3,4)63)43(74)68-19-18-61(28-69-44(75)59(14,32-89-48(79)54(5,6)64)33-90-49(80)55(7,8)65,29-70-45(76)60(15,34-91-50(81)56(9,10)66)35-92-51(82)57(11,12)67)36-86-27-26-85-25-24-84-23-22-83-21-20-71-41(72)39-37-16-17-38(93-37)40(39)42(71)73/h16-17,37-40H,18-36H2,1-15H3,(H,68,74)(H,69,75)(H,70,76). The number of alkyl halides is 6. The highest BCUT2D eigenvalue weighted by Crippen LogP contribution is 2.45. The van der Waals surface area contributed by atoms with Crippen LogP contribution < -0.4 is 16.0 Å². The van der Waals surface area contributed by atoms with Gasteiger partial charge in [0.2, 0.25) is 29.5 Å². The van der Waals surface area contributed by atoms with Crippen LogP contribution in [0.1, 0.15) is 110 Å². The predicted octanol–water partition coefficient (Wildman–Crippen LogP) is 6.04. The zero-order valence-electron chi connectivity index (χ0n) is 55.6. The van der Waals surface area contributed by atoms with Gasteiger partial charge in [0.1, 0.15) is 81.8 Å². The van der Waals surface area contributed by atoms with E-state index in [-0.39, 0.29) is 96.4 Å². The zero-order valence-corrected chi connectivity index (χ0v) is 65.1. The van der Waals surface area contributed by atoms with Gasteiger partial charge in [-0.1, -0.05) is 108 Å². The van der Waals surface area contributed by atoms with Crippen molar-refractivity contribution in [3.8, 4) is 0 Å². The third-order valence-electron chi connectivity index (χ3n) is 14.9. The largest absolute Gasteiger partial charge is 0.463 e. The number of hydrogen-bond donors (Lipinski definition) is 3. The van der Waals surface area contributed by atoms with Crippen molar-refractivity contribution in [2.45, 2.75) is 148 Å². The summed E-state index contributed by atoms with van der Waals surface area (Å²) >= 11 is 19.6. The van der Waals surface area contributed by atoms with Crippen LogP contribution in [-0.2, 0) is 105 Å². The second-order valence-corrected chi connectivity index (χ2v) is 39.0. The van der Waals surface area contributed by atoms with Crippen LogP contribution in [0, 0.1) is 33.5 Å². The van der Waals surface area contributed by atoms with Crippen LogP contribution in [0.25, 0.3) is 0 Å². The summed E-state index contributed by atoms with van der Waals surface area (Å²) in [5.74, 6) is -8.30. The third kappa shape index (κ3) is 26.2. The van der Waals surface area contributed by atoms with Gasteiger partial charge >= 0.3 is 35.8 Å². The molecule has 3 rings (SSSR count). The van der Waals surface area contributed by atoms with E-state index in [1.807, 2.05) is 12.2 Å². The summed E-state index contributed by atoms with van der Waals surface area (Å²) in [6.45, 7) is 18.5. The Hall–Kier alpha value is -3.21. The van der Waals surface area contributed by atoms with Crippen LogP contribution in [0.5, 0.6) is 0 Å². The van der Waals surface area contributed by atoms with Gasteiger partial charge in [-0.15, -0.1) is 0 Å². The summed E-state index contributed by atoms with van der Waals surface area (Å²) < 4.78 is 55.7. The topological polar surface area (TPSA) is 329 Å². The van der Waals surface area contributed by atoms with Gasteiger partial charge in [0, 0.05) is 25.0 Å². The van der Waals surface area contributed by atoms with Gasteiger partial charge in [0.05, 0.1) is 83.4 Å². The smallest absolute Gasteiger partial charge is 0.322 e. The summed E-state index contributed by atoms with van der Waals surface area (Å²) in [6, 6.07) is 0. The average molecular weight is 1710 g/mol. The fourth-order valence-corrected chi connectivity index (χ4v) is 9.30. The van der Waals surface area contributed by atoms with E-state index in [0.29, 0.717) is 0 Å². The first-order valence-corrected chi connectivity index (χ1v) is 34.8. The van der Waals surface area contributed by atoms with Crippen molar-refractivity contribution in [1.29, 1.82) is 0 Å². The molecule has 0 aromatic rings. The first-order valence-electron chi connectivity index (χ1n) is 30.1. The number of amides is 5. The lowest BCUT2D eigenvalue weighted by Crippen LogP contribution is -2.56. The molecule has 3 aliphatic heterocycles. The first-order chi connectivity index (χ1) is 42.5. The van der Waals surface area contributed by atoms with Gasteiger partial charge in [-0.05, 0) is 110 Å². The van der Waals surface area contributed by atoms with E-state index in [2.05, 4.69) is 112 Å². The molecule has 0 aliphatic carbocycles. The number of imide groups is 1. The number of fused-ring (bicyclic) bond motifs is 5. The molecule has 3 N–H and O–H groups in total. The molecule has 2 bridgehead atoms. The number of esters is 6. The van der Waals surface area contributed by atoms with Crippen molar-refractivity contribution < 1.29 is 105 Å². The minimum Gasteiger partial charge on any atom is -0.463 e. The molecule has 0 spiro atoms. The average Bonchev–Trinajstić information content (AvgIpc) is 1.58. The van der Waals surface area contributed by atoms with Gasteiger partial charge in [0.25, 0.3) is 0 Å². The maximum absolute atomic E-state index is 14.8. The van der Waals surface area contributed by atoms with Crippen molar-refractivity contribution in [1.82, 2.24) is 20.9 Å². The van der Waals surface area contributed by atoms with Gasteiger partial charge in [-0.3, -0.25) is 57.6 Å². The lowest BCUT2D eigenvalue weighted by molar-refractivity contribution is -0.162. The van der Waals surface area contributed by atoms with Crippen LogP contribution in [0.15, 0.2) is 12.2 Å². The lowest BCUT2D eigenvalue weighted by atomic mass is 9.82. The Morgan fingerprint density at radius 3 is 0.935 bits per heavy atom. The minimum atomic E-state index is -1.78. The Kier molecular flexibility index (Phi) is 31.6. The molecule has 0 radical (unpaired) electrons. The Bertz CT molecular complexity index is 2480. The van der Waals surface area contributed by atoms with E-state index in [1.54, 1.807) is 27.7 Å². The van der Waals surface area contributed by atoms with E-state index >= 15 is 0 Å². The molecule has 530 valence electrons. The number of hydrogen-bond acceptors (Lipinski definition) is 22. The Morgan fingerprint density at radius 1 is 0.398 bits per heavy atom. The van der Waals surface area contributed by atoms with E-state index in [0.717, 1.165) is 0 Å². The third-order valence-corrected chi connectivity index (χ3v) is 16.8. The van der Waals surface area contributed by atoms with E-state index in [9.17, 15) is 52.7 Å². The maximum Gasteiger partial charge on any atom is 0.322 e. The number of nitrogens with one attached hydrogen (secondary N) is 3. The molecule has 3 heterocycles. The normalized spacial score (nSPS) is 18.0. The molecule has 26 nitrogen and oxygen atoms in total. The van der Waals surface area contributed by atoms with Gasteiger partial charge in [0.15, 0.2) is 0 Å². The van der Waals surface area contributed by atoms with Gasteiger partial charge in [-0.2, -0.15) is 0 Å². The maximum atomic E-state index is 14.8. The molecule has 4 unspecified atom stereocenters. The summed E-state index contributed by atoms with van der Waals surface area (Å²) in [5, 5.41) is 8.63. The van der Waals surface area contributed by atoms with E-state index < -0.39 is 166 Å². The molecule has 93 heavy (non-hydrogen) atoms. The molecule has 2 fully saturated rings. The van der Waals surface area contributed by atoms with Crippen molar-refractivity contribution in [3.63, 3.8) is 0 Å². The summed E-state index contributed by atoms with van der Waals surface area (Å²) in [6.07, 6.45) is 2.72. The number of carbonyl (C=O) groups is 11. The molecule has 4 atom stereocenters. The molecule has 0 aromatic carbocycles. The lowest BCUT2D eigenvalue weighted by Gasteiger charge is -2.38. The molecule has 0 saturated carbocycles. The summed E-state index contributed by atoms with van der Waals surface area (Å²) in [4.78, 5) is 150. The van der Waals surface area contributed by atoms with Crippen molar-refractivity contribution in [2.24, 2.45) is 33.5 Å². The van der Waals surface area contributed by atoms with Crippen LogP contribution in [0.3, 0.4) is 0 Å². The number of rotatable bonds is 42. The first kappa shape index (κ1) is 84.0. The van der Waals surface area contributed by atoms with E-state index in [1.165, 1.54) is 81.1 Å². The fourth-order valence-electron chi connectivity index (χ4n) is 8.62. The summed E-state index contributed by atoms with van der Waals surface area (Å²) in [5.41, 5.74) is -6.75. The summed E-state index contributed by atoms with van der Waals surface area (Å²) in [7, 11) is 0. The molecule has 2 saturated heterocycles. The quantitative estimate of drug-likeness (QED) is 0.0157. The van der Waals surface area contributed by atoms with Crippen molar-refractivity contribution in [2.75, 3.05) is 119 Å². The van der Waals surface area contributed by atoms with E-state index in [4.69, 9.17) is 52.1 Å². The van der Waals surface area contributed by atoms with Crippen LogP contribution in [0.2, 0.25) is 0 Å². The zero-order chi connectivity index (χ0) is 71.0. The number of halogens is 6. The molecule has 32 heteroatoms. The number of ether oxygens (including phenoxy) is 11. The SMILES string of the molecule is CC(C)(Br)C(=O)OCC(C)(COC(=O)C(C)(C)Br)C(=O)NCCC(CNC(=O)C(C)(COC(=O)C(C)(C)Br)COC(=O)C(C)(C)Br)(CNC(=O)C(C)(COC(=O)C(C)(C)Br)COC(=O)C(C)(C)Br)COCCOCCOCCOCCN1C(=O)C2C3C=CC(O3)C2C1=O. The Balaban J connectivity index is 2.00. The number of carbonyl (C=O) groups excluding carboxylic acids is 11. The predicted molar refractivity (Wildman–Crippen MR) is 359 cm³/mol. The molecular formula is C61H92Br6N4O22. The molecule has 3 aliphatic rings. The van der Waals surface area contributed by atoms with Gasteiger partial charge in [-0.25, -0.2) is 0 Å². The Morgan fingerprint density at radius 2 is 0.656 bits per heavy atom. The minimum absolute atomic E-state index is 0.00888. The second kappa shape index (κ2) is 35.0. The highest BCUT2D eigenvalue weighted by Gasteiger charge is 2.60. The molecule has 0 aromatic heterocycles. The van der Waals surface area contributed by atoms with Crippen LogP contribution in [0.4, 0.5) is 0 Å². The number of likely N-dealkylation sites (tertiary alicyclic amines) is 1. The number of nitrogens with zero attached hydrogens (tertiary/aromatic N) is 1. The Labute approximate surface area is 595 Å². The van der Waals surface area contributed by atoms with Crippen LogP contribution in [-0.4, -0.2) is 227 Å². The second-order valence-electron chi connectivity index (χ2n) is 27.1. The van der Waals surface area contributed by atoms with Crippen molar-refractivity contribution >= 4 is 161 Å². The highest BCUT2D eigenvalue weighted by molar-refractivity contribution is 9.11. The van der Waals surface area contributed by atoms with Crippen LogP contribution >= 0.6 is 95.6 Å². The molecule has 5 amide bonds. The monoisotopic (exact) mass is 1710 g/mol. The highest BCUT2D eigenvalue weighted by atomic mass is 79.9. The van der Waals surface area contributed by atoms with Gasteiger partial charge < -0.3 is 68.1 Å². The van der Waals surface area contributed by atoms with Crippen molar-refractivity contribution in [3.05, 3.63) is 12.2 Å². The fraction of sp³-hybridized carbons (Fsp3) is 0.787.